The molecule has 0 spiro atoms. The summed E-state index contributed by atoms with van der Waals surface area (Å²) in [6, 6.07) is 9.14. The Morgan fingerprint density at radius 3 is 2.76 bits per heavy atom. The third kappa shape index (κ3) is 2.28. The second-order valence-electron chi connectivity index (χ2n) is 4.83. The molecule has 1 aliphatic heterocycles. The highest BCUT2D eigenvalue weighted by Gasteiger charge is 2.17. The molecule has 1 aromatic rings. The van der Waals surface area contributed by atoms with E-state index in [9.17, 15) is 0 Å². The highest BCUT2D eigenvalue weighted by molar-refractivity contribution is 6.04. The first-order valence-electron chi connectivity index (χ1n) is 6.58. The lowest BCUT2D eigenvalue weighted by Gasteiger charge is -2.17. The highest BCUT2D eigenvalue weighted by Crippen LogP contribution is 2.24. The Morgan fingerprint density at radius 2 is 2.00 bits per heavy atom. The summed E-state index contributed by atoms with van der Waals surface area (Å²) < 4.78 is 0. The first-order valence-corrected chi connectivity index (χ1v) is 6.58. The minimum atomic E-state index is 0.651. The fourth-order valence-electron chi connectivity index (χ4n) is 2.68. The van der Waals surface area contributed by atoms with E-state index in [0.717, 1.165) is 18.9 Å². The molecule has 90 valence electrons. The molecule has 3 rings (SSSR count). The van der Waals surface area contributed by atoms with E-state index in [0.29, 0.717) is 6.04 Å². The van der Waals surface area contributed by atoms with Crippen LogP contribution in [0.4, 0.5) is 5.69 Å². The molecule has 1 aliphatic carbocycles. The lowest BCUT2D eigenvalue weighted by molar-refractivity contribution is 0.755. The molecule has 2 aliphatic rings. The average molecular weight is 229 g/mol. The molecule has 1 saturated carbocycles. The minimum absolute atomic E-state index is 0.651. The van der Waals surface area contributed by atoms with Crippen LogP contribution in [0.1, 0.15) is 31.2 Å². The fraction of sp³-hybridized carbons (Fsp3) is 0.500. The van der Waals surface area contributed by atoms with Gasteiger partial charge in [0.15, 0.2) is 0 Å². The van der Waals surface area contributed by atoms with Crippen molar-refractivity contribution in [2.75, 3.05) is 18.4 Å². The van der Waals surface area contributed by atoms with Crippen LogP contribution in [0.25, 0.3) is 0 Å². The van der Waals surface area contributed by atoms with Crippen molar-refractivity contribution >= 4 is 11.5 Å². The van der Waals surface area contributed by atoms with Gasteiger partial charge in [0.25, 0.3) is 0 Å². The van der Waals surface area contributed by atoms with E-state index < -0.39 is 0 Å². The van der Waals surface area contributed by atoms with Crippen LogP contribution in [0.3, 0.4) is 0 Å². The molecule has 1 aromatic carbocycles. The first-order chi connectivity index (χ1) is 8.43. The molecule has 0 saturated heterocycles. The van der Waals surface area contributed by atoms with Crippen LogP contribution in [0.5, 0.6) is 0 Å². The molecule has 1 fully saturated rings. The number of nitrogens with one attached hydrogen (secondary N) is 2. The number of anilines is 1. The van der Waals surface area contributed by atoms with Crippen LogP contribution in [0.15, 0.2) is 29.3 Å². The smallest absolute Gasteiger partial charge is 0.130 e. The van der Waals surface area contributed by atoms with E-state index in [4.69, 9.17) is 0 Å². The number of nitrogens with zero attached hydrogens (tertiary/aromatic N) is 1. The fourth-order valence-corrected chi connectivity index (χ4v) is 2.68. The predicted octanol–water partition coefficient (Wildman–Crippen LogP) is 2.39. The van der Waals surface area contributed by atoms with Crippen LogP contribution < -0.4 is 10.6 Å². The van der Waals surface area contributed by atoms with Crippen molar-refractivity contribution in [2.45, 2.75) is 31.7 Å². The van der Waals surface area contributed by atoms with E-state index in [1.54, 1.807) is 0 Å². The van der Waals surface area contributed by atoms with Gasteiger partial charge in [-0.25, -0.2) is 0 Å². The molecule has 17 heavy (non-hydrogen) atoms. The van der Waals surface area contributed by atoms with Gasteiger partial charge in [0, 0.05) is 23.8 Å². The largest absolute Gasteiger partial charge is 0.382 e. The zero-order valence-electron chi connectivity index (χ0n) is 10.1. The second kappa shape index (κ2) is 4.78. The van der Waals surface area contributed by atoms with Gasteiger partial charge in [-0.05, 0) is 25.0 Å². The number of para-hydroxylation sites is 1. The molecular formula is C14H19N3. The van der Waals surface area contributed by atoms with Gasteiger partial charge in [0.1, 0.15) is 5.84 Å². The summed E-state index contributed by atoms with van der Waals surface area (Å²) in [5.74, 6) is 1.05. The molecule has 0 radical (unpaired) electrons. The topological polar surface area (TPSA) is 36.4 Å². The number of rotatable bonds is 3. The Kier molecular flexibility index (Phi) is 2.99. The van der Waals surface area contributed by atoms with Gasteiger partial charge in [-0.3, -0.25) is 4.99 Å². The number of hydrogen-bond donors (Lipinski definition) is 2. The van der Waals surface area contributed by atoms with Gasteiger partial charge in [-0.1, -0.05) is 25.0 Å². The quantitative estimate of drug-likeness (QED) is 0.835. The number of hydrogen-bond acceptors (Lipinski definition) is 3. The summed E-state index contributed by atoms with van der Waals surface area (Å²) in [5.41, 5.74) is 2.45. The molecule has 0 unspecified atom stereocenters. The van der Waals surface area contributed by atoms with E-state index >= 15 is 0 Å². The summed E-state index contributed by atoms with van der Waals surface area (Å²) in [7, 11) is 0. The maximum atomic E-state index is 4.51. The van der Waals surface area contributed by atoms with E-state index in [2.05, 4.69) is 39.9 Å². The van der Waals surface area contributed by atoms with E-state index in [1.807, 2.05) is 0 Å². The van der Waals surface area contributed by atoms with Gasteiger partial charge >= 0.3 is 0 Å². The zero-order chi connectivity index (χ0) is 11.5. The monoisotopic (exact) mass is 229 g/mol. The summed E-state index contributed by atoms with van der Waals surface area (Å²) >= 11 is 0. The van der Waals surface area contributed by atoms with Crippen LogP contribution in [-0.4, -0.2) is 25.0 Å². The van der Waals surface area contributed by atoms with Crippen LogP contribution >= 0.6 is 0 Å². The normalized spacial score (nSPS) is 20.1. The van der Waals surface area contributed by atoms with Crippen LogP contribution in [-0.2, 0) is 0 Å². The highest BCUT2D eigenvalue weighted by atomic mass is 15.1. The van der Waals surface area contributed by atoms with Crippen molar-refractivity contribution in [1.29, 1.82) is 0 Å². The minimum Gasteiger partial charge on any atom is -0.382 e. The Morgan fingerprint density at radius 1 is 1.18 bits per heavy atom. The SMILES string of the molecule is c1ccc(C2=NCCN2)c(NC2CCCC2)c1. The molecule has 3 heteroatoms. The molecule has 3 nitrogen and oxygen atoms in total. The lowest BCUT2D eigenvalue weighted by atomic mass is 10.1. The summed E-state index contributed by atoms with van der Waals surface area (Å²) in [4.78, 5) is 4.51. The summed E-state index contributed by atoms with van der Waals surface area (Å²) in [5, 5.41) is 7.01. The summed E-state index contributed by atoms with van der Waals surface area (Å²) in [6.45, 7) is 1.86. The van der Waals surface area contributed by atoms with E-state index in [-0.39, 0.29) is 0 Å². The Hall–Kier alpha value is -1.51. The average Bonchev–Trinajstić information content (AvgIpc) is 3.01. The molecule has 2 N–H and O–H groups in total. The third-order valence-corrected chi connectivity index (χ3v) is 3.57. The maximum Gasteiger partial charge on any atom is 0.130 e. The molecular weight excluding hydrogens is 210 g/mol. The maximum absolute atomic E-state index is 4.51. The molecule has 0 atom stereocenters. The predicted molar refractivity (Wildman–Crippen MR) is 71.7 cm³/mol. The standard InChI is InChI=1S/C14H19N3/c1-2-6-11(5-1)17-13-8-4-3-7-12(13)14-15-9-10-16-14/h3-4,7-8,11,17H,1-2,5-6,9-10H2,(H,15,16). The Labute approximate surface area is 102 Å². The van der Waals surface area contributed by atoms with Gasteiger partial charge in [0.2, 0.25) is 0 Å². The van der Waals surface area contributed by atoms with Gasteiger partial charge in [0.05, 0.1) is 6.54 Å². The molecule has 0 aromatic heterocycles. The third-order valence-electron chi connectivity index (χ3n) is 3.57. The van der Waals surface area contributed by atoms with Crippen LogP contribution in [0, 0.1) is 0 Å². The number of aliphatic imine (C=N–C) groups is 1. The molecule has 0 amide bonds. The molecule has 1 heterocycles. The van der Waals surface area contributed by atoms with Crippen molar-refractivity contribution in [3.05, 3.63) is 29.8 Å². The summed E-state index contributed by atoms with van der Waals surface area (Å²) in [6.07, 6.45) is 5.32. The van der Waals surface area contributed by atoms with Gasteiger partial charge in [-0.2, -0.15) is 0 Å². The van der Waals surface area contributed by atoms with Crippen molar-refractivity contribution < 1.29 is 0 Å². The first kappa shape index (κ1) is 10.6. The molecule has 0 bridgehead atoms. The van der Waals surface area contributed by atoms with Crippen molar-refractivity contribution in [1.82, 2.24) is 5.32 Å². The van der Waals surface area contributed by atoms with Crippen molar-refractivity contribution in [3.63, 3.8) is 0 Å². The van der Waals surface area contributed by atoms with Gasteiger partial charge < -0.3 is 10.6 Å². The van der Waals surface area contributed by atoms with Crippen molar-refractivity contribution in [2.24, 2.45) is 4.99 Å². The van der Waals surface area contributed by atoms with Gasteiger partial charge in [-0.15, -0.1) is 0 Å². The Bertz CT molecular complexity index is 419. The number of amidine groups is 1. The second-order valence-corrected chi connectivity index (χ2v) is 4.83. The lowest BCUT2D eigenvalue weighted by Crippen LogP contribution is -2.23. The number of benzene rings is 1. The van der Waals surface area contributed by atoms with Crippen LogP contribution in [0.2, 0.25) is 0 Å². The zero-order valence-corrected chi connectivity index (χ0v) is 10.1. The Balaban J connectivity index is 1.82. The van der Waals surface area contributed by atoms with Crippen molar-refractivity contribution in [3.8, 4) is 0 Å². The van der Waals surface area contributed by atoms with E-state index in [1.165, 1.54) is 36.9 Å².